The van der Waals surface area contributed by atoms with Crippen LogP contribution in [-0.2, 0) is 24.1 Å². The molecule has 1 aromatic carbocycles. The van der Waals surface area contributed by atoms with Gasteiger partial charge in [-0.2, -0.15) is 0 Å². The zero-order chi connectivity index (χ0) is 16.9. The topological polar surface area (TPSA) is 81.7 Å². The van der Waals surface area contributed by atoms with Gasteiger partial charge in [0.15, 0.2) is 9.84 Å². The van der Waals surface area contributed by atoms with Gasteiger partial charge in [0.1, 0.15) is 6.10 Å². The van der Waals surface area contributed by atoms with Crippen molar-refractivity contribution < 1.29 is 22.7 Å². The van der Waals surface area contributed by atoms with Crippen molar-refractivity contribution in [3.63, 3.8) is 0 Å². The Balaban J connectivity index is 2.02. The fraction of sp³-hybridized carbons (Fsp3) is 0.562. The maximum Gasteiger partial charge on any atom is 0.253 e. The number of carbonyl (C=O) groups excluding carboxylic acids is 1. The van der Waals surface area contributed by atoms with Crippen LogP contribution in [-0.4, -0.2) is 46.0 Å². The van der Waals surface area contributed by atoms with Crippen molar-refractivity contribution in [3.05, 3.63) is 24.3 Å². The van der Waals surface area contributed by atoms with Crippen molar-refractivity contribution in [3.8, 4) is 0 Å². The Morgan fingerprint density at radius 1 is 1.39 bits per heavy atom. The highest BCUT2D eigenvalue weighted by Crippen LogP contribution is 2.20. The van der Waals surface area contributed by atoms with Gasteiger partial charge in [0.25, 0.3) is 5.91 Å². The highest BCUT2D eigenvalue weighted by molar-refractivity contribution is 7.91. The number of hydrogen-bond acceptors (Lipinski definition) is 5. The molecule has 2 rings (SSSR count). The third kappa shape index (κ3) is 4.76. The number of sulfone groups is 1. The number of carbonyl (C=O) groups is 1. The van der Waals surface area contributed by atoms with Gasteiger partial charge in [-0.3, -0.25) is 4.79 Å². The molecule has 1 aliphatic rings. The van der Waals surface area contributed by atoms with E-state index in [0.717, 1.165) is 12.8 Å². The molecular weight excluding hydrogens is 318 g/mol. The van der Waals surface area contributed by atoms with E-state index in [0.29, 0.717) is 18.7 Å². The number of methoxy groups -OCH3 is 1. The van der Waals surface area contributed by atoms with Crippen LogP contribution in [0, 0.1) is 0 Å². The lowest BCUT2D eigenvalue weighted by Crippen LogP contribution is -2.28. The van der Waals surface area contributed by atoms with Crippen LogP contribution in [0.2, 0.25) is 0 Å². The van der Waals surface area contributed by atoms with E-state index in [9.17, 15) is 13.2 Å². The van der Waals surface area contributed by atoms with Crippen molar-refractivity contribution in [2.75, 3.05) is 24.8 Å². The van der Waals surface area contributed by atoms with Crippen LogP contribution in [0.3, 0.4) is 0 Å². The summed E-state index contributed by atoms with van der Waals surface area (Å²) in [5, 5.41) is 2.71. The van der Waals surface area contributed by atoms with Crippen LogP contribution in [0.15, 0.2) is 29.2 Å². The second-order valence-corrected chi connectivity index (χ2v) is 7.60. The van der Waals surface area contributed by atoms with E-state index in [-0.39, 0.29) is 22.7 Å². The monoisotopic (exact) mass is 341 g/mol. The minimum absolute atomic E-state index is 0.000287. The molecule has 0 aliphatic carbocycles. The second-order valence-electron chi connectivity index (χ2n) is 5.56. The molecule has 1 aromatic rings. The lowest BCUT2D eigenvalue weighted by atomic mass is 10.2. The Morgan fingerprint density at radius 3 is 2.61 bits per heavy atom. The fourth-order valence-electron chi connectivity index (χ4n) is 2.54. The Kier molecular flexibility index (Phi) is 6.15. The zero-order valence-electron chi connectivity index (χ0n) is 13.4. The highest BCUT2D eigenvalue weighted by atomic mass is 32.2. The molecule has 0 spiro atoms. The smallest absolute Gasteiger partial charge is 0.253 e. The summed E-state index contributed by atoms with van der Waals surface area (Å²) < 4.78 is 35.1. The number of benzene rings is 1. The molecule has 1 fully saturated rings. The van der Waals surface area contributed by atoms with Gasteiger partial charge in [-0.1, -0.05) is 6.92 Å². The van der Waals surface area contributed by atoms with Crippen LogP contribution in [0.25, 0.3) is 0 Å². The molecule has 128 valence electrons. The molecule has 1 amide bonds. The molecule has 2 atom stereocenters. The Morgan fingerprint density at radius 2 is 2.09 bits per heavy atom. The first-order valence-electron chi connectivity index (χ1n) is 7.74. The SMILES string of the molecule is CC[C@@H](OC)C(=O)Nc1ccc(S(=O)(=O)C[C@@H]2CCCO2)cc1. The van der Waals surface area contributed by atoms with E-state index in [2.05, 4.69) is 5.32 Å². The van der Waals surface area contributed by atoms with E-state index in [1.165, 1.54) is 19.2 Å². The molecule has 0 unspecified atom stereocenters. The second kappa shape index (κ2) is 7.90. The predicted molar refractivity (Wildman–Crippen MR) is 87.2 cm³/mol. The molecule has 1 N–H and O–H groups in total. The maximum atomic E-state index is 12.3. The minimum Gasteiger partial charge on any atom is -0.377 e. The van der Waals surface area contributed by atoms with Crippen LogP contribution in [0.4, 0.5) is 5.69 Å². The van der Waals surface area contributed by atoms with Crippen molar-refractivity contribution in [1.82, 2.24) is 0 Å². The standard InChI is InChI=1S/C16H23NO5S/c1-3-15(21-2)16(18)17-12-6-8-14(9-7-12)23(19,20)11-13-5-4-10-22-13/h6-9,13,15H,3-5,10-11H2,1-2H3,(H,17,18)/t13-,15+/m0/s1. The molecule has 0 saturated carbocycles. The van der Waals surface area contributed by atoms with Gasteiger partial charge in [0.05, 0.1) is 16.8 Å². The van der Waals surface area contributed by atoms with Crippen molar-refractivity contribution in [2.24, 2.45) is 0 Å². The first-order valence-corrected chi connectivity index (χ1v) is 9.39. The van der Waals surface area contributed by atoms with Crippen LogP contribution in [0.5, 0.6) is 0 Å². The van der Waals surface area contributed by atoms with Gasteiger partial charge in [0.2, 0.25) is 0 Å². The van der Waals surface area contributed by atoms with E-state index < -0.39 is 15.9 Å². The largest absolute Gasteiger partial charge is 0.377 e. The summed E-state index contributed by atoms with van der Waals surface area (Å²) in [5.74, 6) is -0.245. The van der Waals surface area contributed by atoms with E-state index in [1.807, 2.05) is 6.92 Å². The minimum atomic E-state index is -3.38. The third-order valence-corrected chi connectivity index (χ3v) is 5.66. The molecule has 7 heteroatoms. The average molecular weight is 341 g/mol. The van der Waals surface area contributed by atoms with Crippen molar-refractivity contribution in [1.29, 1.82) is 0 Å². The Bertz CT molecular complexity index is 616. The predicted octanol–water partition coefficient (Wildman–Crippen LogP) is 2.00. The average Bonchev–Trinajstić information content (AvgIpc) is 3.01. The maximum absolute atomic E-state index is 12.3. The lowest BCUT2D eigenvalue weighted by molar-refractivity contribution is -0.125. The van der Waals surface area contributed by atoms with Crippen molar-refractivity contribution >= 4 is 21.4 Å². The number of nitrogens with one attached hydrogen (secondary N) is 1. The highest BCUT2D eigenvalue weighted by Gasteiger charge is 2.25. The number of anilines is 1. The molecule has 6 nitrogen and oxygen atoms in total. The number of rotatable bonds is 7. The molecule has 23 heavy (non-hydrogen) atoms. The molecule has 1 aliphatic heterocycles. The summed E-state index contributed by atoms with van der Waals surface area (Å²) >= 11 is 0. The van der Waals surface area contributed by atoms with Gasteiger partial charge in [-0.05, 0) is 43.5 Å². The van der Waals surface area contributed by atoms with Crippen LogP contribution >= 0.6 is 0 Å². The van der Waals surface area contributed by atoms with Gasteiger partial charge in [-0.25, -0.2) is 8.42 Å². The van der Waals surface area contributed by atoms with Crippen molar-refractivity contribution in [2.45, 2.75) is 43.3 Å². The molecule has 1 heterocycles. The summed E-state index contributed by atoms with van der Waals surface area (Å²) in [4.78, 5) is 12.2. The molecular formula is C16H23NO5S. The lowest BCUT2D eigenvalue weighted by Gasteiger charge is -2.14. The number of amides is 1. The van der Waals surface area contributed by atoms with Crippen LogP contribution < -0.4 is 5.32 Å². The van der Waals surface area contributed by atoms with E-state index >= 15 is 0 Å². The summed E-state index contributed by atoms with van der Waals surface area (Å²) in [7, 11) is -1.90. The fourth-order valence-corrected chi connectivity index (χ4v) is 4.04. The molecule has 1 saturated heterocycles. The van der Waals surface area contributed by atoms with Gasteiger partial charge in [0, 0.05) is 19.4 Å². The third-order valence-electron chi connectivity index (χ3n) is 3.86. The number of hydrogen-bond donors (Lipinski definition) is 1. The first kappa shape index (κ1) is 17.9. The van der Waals surface area contributed by atoms with Gasteiger partial charge < -0.3 is 14.8 Å². The first-order chi connectivity index (χ1) is 11.0. The van der Waals surface area contributed by atoms with Crippen LogP contribution in [0.1, 0.15) is 26.2 Å². The Hall–Kier alpha value is -1.44. The normalized spacial score (nSPS) is 19.5. The van der Waals surface area contributed by atoms with Gasteiger partial charge >= 0.3 is 0 Å². The number of ether oxygens (including phenoxy) is 2. The molecule has 0 radical (unpaired) electrons. The Labute approximate surface area is 137 Å². The summed E-state index contributed by atoms with van der Waals surface area (Å²) in [6.07, 6.45) is 1.52. The summed E-state index contributed by atoms with van der Waals surface area (Å²) in [6.45, 7) is 2.48. The molecule has 0 bridgehead atoms. The van der Waals surface area contributed by atoms with E-state index in [1.54, 1.807) is 12.1 Å². The van der Waals surface area contributed by atoms with E-state index in [4.69, 9.17) is 9.47 Å². The molecule has 0 aromatic heterocycles. The zero-order valence-corrected chi connectivity index (χ0v) is 14.3. The summed E-state index contributed by atoms with van der Waals surface area (Å²) in [5.41, 5.74) is 0.543. The quantitative estimate of drug-likeness (QED) is 0.820. The van der Waals surface area contributed by atoms with Gasteiger partial charge in [-0.15, -0.1) is 0 Å². The summed E-state index contributed by atoms with van der Waals surface area (Å²) in [6, 6.07) is 6.19.